The van der Waals surface area contributed by atoms with Crippen molar-refractivity contribution in [3.05, 3.63) is 33.9 Å². The number of amides is 1. The predicted octanol–water partition coefficient (Wildman–Crippen LogP) is 1.96. The van der Waals surface area contributed by atoms with Gasteiger partial charge >= 0.3 is 5.97 Å². The third-order valence-corrected chi connectivity index (χ3v) is 3.96. The SMILES string of the molecule is O=C(O)Cc1[nH]nc(-c2ccc3c(c2)CC(=O)N3)c1Br. The third-order valence-electron chi connectivity index (χ3n) is 3.11. The summed E-state index contributed by atoms with van der Waals surface area (Å²) in [5.41, 5.74) is 3.73. The minimum Gasteiger partial charge on any atom is -0.481 e. The fraction of sp³-hybridized carbons (Fsp3) is 0.154. The lowest BCUT2D eigenvalue weighted by molar-refractivity contribution is -0.136. The van der Waals surface area contributed by atoms with E-state index in [1.807, 2.05) is 18.2 Å². The van der Waals surface area contributed by atoms with Crippen molar-refractivity contribution in [2.75, 3.05) is 5.32 Å². The molecule has 0 bridgehead atoms. The Kier molecular flexibility index (Phi) is 3.06. The van der Waals surface area contributed by atoms with Crippen molar-refractivity contribution in [3.63, 3.8) is 0 Å². The van der Waals surface area contributed by atoms with E-state index in [0.717, 1.165) is 16.8 Å². The lowest BCUT2D eigenvalue weighted by Crippen LogP contribution is -2.03. The number of H-pyrrole nitrogens is 1. The van der Waals surface area contributed by atoms with Crippen LogP contribution in [0.2, 0.25) is 0 Å². The standard InChI is InChI=1S/C13H10BrN3O3/c14-12-9(5-11(19)20)16-17-13(12)6-1-2-8-7(3-6)4-10(18)15-8/h1-3H,4-5H2,(H,15,18)(H,16,17)(H,19,20). The molecule has 2 heterocycles. The van der Waals surface area contributed by atoms with Crippen LogP contribution in [0, 0.1) is 0 Å². The van der Waals surface area contributed by atoms with Crippen LogP contribution in [-0.4, -0.2) is 27.2 Å². The summed E-state index contributed by atoms with van der Waals surface area (Å²) in [6.07, 6.45) is 0.228. The molecule has 0 spiro atoms. The topological polar surface area (TPSA) is 95.1 Å². The highest BCUT2D eigenvalue weighted by Gasteiger charge is 2.20. The smallest absolute Gasteiger partial charge is 0.309 e. The van der Waals surface area contributed by atoms with Crippen molar-refractivity contribution in [2.24, 2.45) is 0 Å². The number of hydrogen-bond donors (Lipinski definition) is 3. The van der Waals surface area contributed by atoms with E-state index >= 15 is 0 Å². The van der Waals surface area contributed by atoms with Gasteiger partial charge in [-0.3, -0.25) is 14.7 Å². The number of aliphatic carboxylic acids is 1. The molecule has 1 aromatic carbocycles. The Bertz CT molecular complexity index is 724. The van der Waals surface area contributed by atoms with E-state index in [4.69, 9.17) is 5.11 Å². The lowest BCUT2D eigenvalue weighted by Gasteiger charge is -2.02. The zero-order valence-corrected chi connectivity index (χ0v) is 11.8. The minimum atomic E-state index is -0.926. The summed E-state index contributed by atoms with van der Waals surface area (Å²) in [5, 5.41) is 18.4. The maximum Gasteiger partial charge on any atom is 0.309 e. The van der Waals surface area contributed by atoms with Gasteiger partial charge in [-0.2, -0.15) is 5.10 Å². The van der Waals surface area contributed by atoms with Gasteiger partial charge in [0.15, 0.2) is 0 Å². The van der Waals surface area contributed by atoms with E-state index in [0.29, 0.717) is 22.3 Å². The summed E-state index contributed by atoms with van der Waals surface area (Å²) in [5.74, 6) is -0.950. The maximum absolute atomic E-state index is 11.3. The highest BCUT2D eigenvalue weighted by molar-refractivity contribution is 9.10. The van der Waals surface area contributed by atoms with Gasteiger partial charge in [-0.1, -0.05) is 6.07 Å². The normalized spacial score (nSPS) is 13.2. The largest absolute Gasteiger partial charge is 0.481 e. The quantitative estimate of drug-likeness (QED) is 0.798. The number of carbonyl (C=O) groups excluding carboxylic acids is 1. The second kappa shape index (κ2) is 4.75. The molecule has 0 atom stereocenters. The second-order valence-corrected chi connectivity index (χ2v) is 5.33. The molecule has 3 N–H and O–H groups in total. The lowest BCUT2D eigenvalue weighted by atomic mass is 10.1. The average molecular weight is 336 g/mol. The Balaban J connectivity index is 1.98. The Morgan fingerprint density at radius 1 is 1.45 bits per heavy atom. The summed E-state index contributed by atoms with van der Waals surface area (Å²) in [6.45, 7) is 0. The molecule has 1 aliphatic heterocycles. The number of carbonyl (C=O) groups is 2. The van der Waals surface area contributed by atoms with Crippen LogP contribution in [0.15, 0.2) is 22.7 Å². The van der Waals surface area contributed by atoms with Crippen LogP contribution in [0.4, 0.5) is 5.69 Å². The highest BCUT2D eigenvalue weighted by Crippen LogP contribution is 2.33. The van der Waals surface area contributed by atoms with Crippen molar-refractivity contribution >= 4 is 33.5 Å². The number of aromatic amines is 1. The van der Waals surface area contributed by atoms with Crippen LogP contribution in [0.3, 0.4) is 0 Å². The number of hydrogen-bond acceptors (Lipinski definition) is 3. The van der Waals surface area contributed by atoms with Crippen LogP contribution in [0.25, 0.3) is 11.3 Å². The van der Waals surface area contributed by atoms with E-state index < -0.39 is 5.97 Å². The van der Waals surface area contributed by atoms with Crippen molar-refractivity contribution < 1.29 is 14.7 Å². The molecule has 0 aliphatic carbocycles. The van der Waals surface area contributed by atoms with Crippen LogP contribution in [-0.2, 0) is 22.4 Å². The van der Waals surface area contributed by atoms with Crippen molar-refractivity contribution in [1.82, 2.24) is 10.2 Å². The van der Waals surface area contributed by atoms with Gasteiger partial charge in [-0.15, -0.1) is 0 Å². The molecule has 1 aromatic heterocycles. The molecule has 20 heavy (non-hydrogen) atoms. The first-order valence-electron chi connectivity index (χ1n) is 5.92. The van der Waals surface area contributed by atoms with E-state index in [-0.39, 0.29) is 12.3 Å². The van der Waals surface area contributed by atoms with Gasteiger partial charge in [-0.05, 0) is 33.6 Å². The molecule has 102 valence electrons. The first-order chi connectivity index (χ1) is 9.54. The van der Waals surface area contributed by atoms with E-state index in [2.05, 4.69) is 31.4 Å². The Hall–Kier alpha value is -2.15. The van der Waals surface area contributed by atoms with Crippen molar-refractivity contribution in [2.45, 2.75) is 12.8 Å². The van der Waals surface area contributed by atoms with Crippen molar-refractivity contribution in [1.29, 1.82) is 0 Å². The molecule has 1 amide bonds. The molecule has 0 saturated heterocycles. The average Bonchev–Trinajstić information content (AvgIpc) is 2.91. The number of nitrogens with zero attached hydrogens (tertiary/aromatic N) is 1. The molecule has 1 aliphatic rings. The Labute approximate surface area is 122 Å². The number of aromatic nitrogens is 2. The van der Waals surface area contributed by atoms with Crippen LogP contribution in [0.5, 0.6) is 0 Å². The minimum absolute atomic E-state index is 0.0233. The summed E-state index contributed by atoms with van der Waals surface area (Å²) >= 11 is 3.37. The summed E-state index contributed by atoms with van der Waals surface area (Å²) in [7, 11) is 0. The first kappa shape index (κ1) is 12.9. The number of halogens is 1. The number of nitrogens with one attached hydrogen (secondary N) is 2. The fourth-order valence-corrected chi connectivity index (χ4v) is 2.75. The van der Waals surface area contributed by atoms with Gasteiger partial charge in [0.05, 0.1) is 23.0 Å². The van der Waals surface area contributed by atoms with Gasteiger partial charge in [-0.25, -0.2) is 0 Å². The first-order valence-corrected chi connectivity index (χ1v) is 6.71. The Morgan fingerprint density at radius 2 is 2.25 bits per heavy atom. The second-order valence-electron chi connectivity index (χ2n) is 4.53. The predicted molar refractivity (Wildman–Crippen MR) is 75.4 cm³/mol. The molecule has 0 fully saturated rings. The molecule has 6 nitrogen and oxygen atoms in total. The summed E-state index contributed by atoms with van der Waals surface area (Å²) in [6, 6.07) is 5.56. The monoisotopic (exact) mass is 335 g/mol. The number of rotatable bonds is 3. The molecule has 3 rings (SSSR count). The van der Waals surface area contributed by atoms with Crippen LogP contribution >= 0.6 is 15.9 Å². The summed E-state index contributed by atoms with van der Waals surface area (Å²) < 4.78 is 0.636. The molecule has 0 unspecified atom stereocenters. The van der Waals surface area contributed by atoms with E-state index in [9.17, 15) is 9.59 Å². The van der Waals surface area contributed by atoms with E-state index in [1.165, 1.54) is 0 Å². The maximum atomic E-state index is 11.3. The van der Waals surface area contributed by atoms with Gasteiger partial charge in [0.1, 0.15) is 5.69 Å². The molecular weight excluding hydrogens is 326 g/mol. The molecule has 7 heteroatoms. The summed E-state index contributed by atoms with van der Waals surface area (Å²) in [4.78, 5) is 22.1. The zero-order valence-electron chi connectivity index (χ0n) is 10.2. The third kappa shape index (κ3) is 2.20. The highest BCUT2D eigenvalue weighted by atomic mass is 79.9. The van der Waals surface area contributed by atoms with Crippen molar-refractivity contribution in [3.8, 4) is 11.3 Å². The molecule has 2 aromatic rings. The number of carboxylic acids is 1. The number of anilines is 1. The van der Waals surface area contributed by atoms with Gasteiger partial charge in [0.2, 0.25) is 5.91 Å². The van der Waals surface area contributed by atoms with Gasteiger partial charge in [0, 0.05) is 11.3 Å². The molecule has 0 saturated carbocycles. The number of fused-ring (bicyclic) bond motifs is 1. The van der Waals surface area contributed by atoms with Crippen LogP contribution in [0.1, 0.15) is 11.3 Å². The fourth-order valence-electron chi connectivity index (χ4n) is 2.20. The molecule has 0 radical (unpaired) electrons. The van der Waals surface area contributed by atoms with Gasteiger partial charge < -0.3 is 10.4 Å². The van der Waals surface area contributed by atoms with Crippen LogP contribution < -0.4 is 5.32 Å². The number of benzene rings is 1. The molecular formula is C13H10BrN3O3. The van der Waals surface area contributed by atoms with Gasteiger partial charge in [0.25, 0.3) is 0 Å². The zero-order chi connectivity index (χ0) is 14.3. The van der Waals surface area contributed by atoms with E-state index in [1.54, 1.807) is 0 Å². The Morgan fingerprint density at radius 3 is 3.00 bits per heavy atom. The number of carboxylic acid groups (broad SMARTS) is 1.